The van der Waals surface area contributed by atoms with Crippen molar-refractivity contribution >= 4 is 6.09 Å². The maximum absolute atomic E-state index is 11.4. The highest BCUT2D eigenvalue weighted by Crippen LogP contribution is 2.11. The number of nitrogens with zero attached hydrogens (tertiary/aromatic N) is 1. The zero-order chi connectivity index (χ0) is 13.1. The SMILES string of the molecule is C=CC=CCCCCC(CC)OC(=O)N(C)C. The third-order valence-corrected chi connectivity index (χ3v) is 2.51. The Hall–Kier alpha value is -1.25. The van der Waals surface area contributed by atoms with Crippen molar-refractivity contribution in [2.75, 3.05) is 14.1 Å². The number of ether oxygens (including phenoxy) is 1. The van der Waals surface area contributed by atoms with Crippen LogP contribution in [0.3, 0.4) is 0 Å². The van der Waals surface area contributed by atoms with E-state index in [0.29, 0.717) is 0 Å². The molecule has 0 heterocycles. The highest BCUT2D eigenvalue weighted by atomic mass is 16.6. The standard InChI is InChI=1S/C14H25NO2/c1-5-7-8-9-10-11-12-13(6-2)17-14(16)15(3)4/h5,7-8,13H,1,6,9-12H2,2-4H3. The Bertz CT molecular complexity index is 247. The zero-order valence-electron chi connectivity index (χ0n) is 11.3. The van der Waals surface area contributed by atoms with E-state index in [0.717, 1.165) is 32.1 Å². The van der Waals surface area contributed by atoms with E-state index < -0.39 is 0 Å². The van der Waals surface area contributed by atoms with Crippen LogP contribution in [0.2, 0.25) is 0 Å². The Morgan fingerprint density at radius 1 is 1.41 bits per heavy atom. The molecule has 98 valence electrons. The third kappa shape index (κ3) is 8.55. The van der Waals surface area contributed by atoms with Crippen molar-refractivity contribution in [1.82, 2.24) is 4.90 Å². The van der Waals surface area contributed by atoms with Gasteiger partial charge in [-0.3, -0.25) is 0 Å². The molecule has 1 amide bonds. The van der Waals surface area contributed by atoms with E-state index in [1.807, 2.05) is 13.0 Å². The molecule has 1 unspecified atom stereocenters. The Labute approximate surface area is 105 Å². The van der Waals surface area contributed by atoms with Crippen LogP contribution in [0.25, 0.3) is 0 Å². The van der Waals surface area contributed by atoms with Crippen LogP contribution < -0.4 is 0 Å². The summed E-state index contributed by atoms with van der Waals surface area (Å²) >= 11 is 0. The van der Waals surface area contributed by atoms with E-state index in [-0.39, 0.29) is 12.2 Å². The van der Waals surface area contributed by atoms with Crippen molar-refractivity contribution in [2.24, 2.45) is 0 Å². The van der Waals surface area contributed by atoms with Gasteiger partial charge < -0.3 is 9.64 Å². The smallest absolute Gasteiger partial charge is 0.409 e. The lowest BCUT2D eigenvalue weighted by Gasteiger charge is -2.18. The van der Waals surface area contributed by atoms with Crippen molar-refractivity contribution in [3.63, 3.8) is 0 Å². The summed E-state index contributed by atoms with van der Waals surface area (Å²) in [5, 5.41) is 0. The summed E-state index contributed by atoms with van der Waals surface area (Å²) in [6.07, 6.45) is 10.7. The molecule has 0 aromatic rings. The van der Waals surface area contributed by atoms with Crippen LogP contribution in [0.5, 0.6) is 0 Å². The molecule has 0 fully saturated rings. The second-order valence-electron chi connectivity index (χ2n) is 4.26. The Morgan fingerprint density at radius 3 is 2.65 bits per heavy atom. The molecule has 0 radical (unpaired) electrons. The van der Waals surface area contributed by atoms with Crippen LogP contribution in [0.1, 0.15) is 39.0 Å². The Balaban J connectivity index is 3.71. The van der Waals surface area contributed by atoms with Gasteiger partial charge in [0.25, 0.3) is 0 Å². The lowest BCUT2D eigenvalue weighted by atomic mass is 10.1. The van der Waals surface area contributed by atoms with E-state index in [2.05, 4.69) is 12.7 Å². The minimum Gasteiger partial charge on any atom is -0.446 e. The van der Waals surface area contributed by atoms with Gasteiger partial charge in [0.2, 0.25) is 0 Å². The van der Waals surface area contributed by atoms with Crippen molar-refractivity contribution in [2.45, 2.75) is 45.1 Å². The third-order valence-electron chi connectivity index (χ3n) is 2.51. The topological polar surface area (TPSA) is 29.5 Å². The Morgan fingerprint density at radius 2 is 2.12 bits per heavy atom. The van der Waals surface area contributed by atoms with Crippen molar-refractivity contribution in [3.8, 4) is 0 Å². The number of carbonyl (C=O) groups is 1. The van der Waals surface area contributed by atoms with Crippen molar-refractivity contribution in [3.05, 3.63) is 24.8 Å². The summed E-state index contributed by atoms with van der Waals surface area (Å²) in [4.78, 5) is 12.8. The lowest BCUT2D eigenvalue weighted by molar-refractivity contribution is 0.0672. The second kappa shape index (κ2) is 9.94. The van der Waals surface area contributed by atoms with Crippen LogP contribution in [0.15, 0.2) is 24.8 Å². The molecule has 0 saturated heterocycles. The molecule has 3 heteroatoms. The molecule has 0 aliphatic rings. The highest BCUT2D eigenvalue weighted by molar-refractivity contribution is 5.66. The molecule has 0 saturated carbocycles. The Kier molecular flexibility index (Phi) is 9.21. The molecular weight excluding hydrogens is 214 g/mol. The van der Waals surface area contributed by atoms with Gasteiger partial charge in [-0.05, 0) is 32.1 Å². The average Bonchev–Trinajstić information content (AvgIpc) is 2.31. The van der Waals surface area contributed by atoms with Crippen molar-refractivity contribution in [1.29, 1.82) is 0 Å². The van der Waals surface area contributed by atoms with E-state index in [9.17, 15) is 4.79 Å². The van der Waals surface area contributed by atoms with E-state index in [1.54, 1.807) is 20.2 Å². The predicted octanol–water partition coefficient (Wildman–Crippen LogP) is 3.77. The fraction of sp³-hybridized carbons (Fsp3) is 0.643. The zero-order valence-corrected chi connectivity index (χ0v) is 11.3. The normalized spacial score (nSPS) is 12.4. The molecule has 0 bridgehead atoms. The first-order chi connectivity index (χ1) is 8.11. The number of rotatable bonds is 8. The summed E-state index contributed by atoms with van der Waals surface area (Å²) in [6.45, 7) is 5.67. The van der Waals surface area contributed by atoms with Gasteiger partial charge in [0.1, 0.15) is 6.10 Å². The van der Waals surface area contributed by atoms with Gasteiger partial charge in [-0.25, -0.2) is 4.79 Å². The largest absolute Gasteiger partial charge is 0.446 e. The van der Waals surface area contributed by atoms with E-state index >= 15 is 0 Å². The van der Waals surface area contributed by atoms with Crippen LogP contribution in [0.4, 0.5) is 4.79 Å². The maximum atomic E-state index is 11.4. The number of hydrogen-bond acceptors (Lipinski definition) is 2. The van der Waals surface area contributed by atoms with Crippen LogP contribution in [-0.4, -0.2) is 31.2 Å². The van der Waals surface area contributed by atoms with Crippen LogP contribution in [0, 0.1) is 0 Å². The number of amides is 1. The molecule has 0 N–H and O–H groups in total. The fourth-order valence-electron chi connectivity index (χ4n) is 1.42. The highest BCUT2D eigenvalue weighted by Gasteiger charge is 2.13. The lowest BCUT2D eigenvalue weighted by Crippen LogP contribution is -2.27. The molecule has 0 spiro atoms. The summed E-state index contributed by atoms with van der Waals surface area (Å²) in [5.74, 6) is 0. The molecule has 0 aromatic heterocycles. The average molecular weight is 239 g/mol. The number of carbonyl (C=O) groups excluding carboxylic acids is 1. The van der Waals surface area contributed by atoms with E-state index in [1.165, 1.54) is 4.90 Å². The number of unbranched alkanes of at least 4 members (excludes halogenated alkanes) is 2. The van der Waals surface area contributed by atoms with E-state index in [4.69, 9.17) is 4.74 Å². The molecular formula is C14H25NO2. The molecule has 0 aliphatic heterocycles. The molecule has 3 nitrogen and oxygen atoms in total. The number of hydrogen-bond donors (Lipinski definition) is 0. The van der Waals surface area contributed by atoms with Gasteiger partial charge in [0.05, 0.1) is 0 Å². The minimum atomic E-state index is -0.247. The second-order valence-corrected chi connectivity index (χ2v) is 4.26. The van der Waals surface area contributed by atoms with Gasteiger partial charge in [-0.2, -0.15) is 0 Å². The van der Waals surface area contributed by atoms with Gasteiger partial charge in [0, 0.05) is 14.1 Å². The van der Waals surface area contributed by atoms with Crippen LogP contribution in [-0.2, 0) is 4.74 Å². The summed E-state index contributed by atoms with van der Waals surface area (Å²) < 4.78 is 5.34. The van der Waals surface area contributed by atoms with Gasteiger partial charge in [-0.15, -0.1) is 0 Å². The van der Waals surface area contributed by atoms with Gasteiger partial charge >= 0.3 is 6.09 Å². The molecule has 0 rings (SSSR count). The van der Waals surface area contributed by atoms with Gasteiger partial charge in [0.15, 0.2) is 0 Å². The molecule has 0 aliphatic carbocycles. The maximum Gasteiger partial charge on any atom is 0.409 e. The first-order valence-electron chi connectivity index (χ1n) is 6.27. The first kappa shape index (κ1) is 15.8. The summed E-state index contributed by atoms with van der Waals surface area (Å²) in [5.41, 5.74) is 0. The predicted molar refractivity (Wildman–Crippen MR) is 72.1 cm³/mol. The molecule has 1 atom stereocenters. The minimum absolute atomic E-state index is 0.0493. The first-order valence-corrected chi connectivity index (χ1v) is 6.27. The summed E-state index contributed by atoms with van der Waals surface area (Å²) in [6, 6.07) is 0. The van der Waals surface area contributed by atoms with Gasteiger partial charge in [-0.1, -0.05) is 31.7 Å². The number of allylic oxidation sites excluding steroid dienone is 3. The summed E-state index contributed by atoms with van der Waals surface area (Å²) in [7, 11) is 3.41. The molecule has 0 aromatic carbocycles. The fourth-order valence-corrected chi connectivity index (χ4v) is 1.42. The van der Waals surface area contributed by atoms with Crippen LogP contribution >= 0.6 is 0 Å². The van der Waals surface area contributed by atoms with Crippen molar-refractivity contribution < 1.29 is 9.53 Å². The molecule has 17 heavy (non-hydrogen) atoms. The quantitative estimate of drug-likeness (QED) is 0.476. The monoisotopic (exact) mass is 239 g/mol.